The van der Waals surface area contributed by atoms with Gasteiger partial charge in [0.05, 0.1) is 4.90 Å². The van der Waals surface area contributed by atoms with Crippen LogP contribution < -0.4 is 10.0 Å². The van der Waals surface area contributed by atoms with Crippen LogP contribution in [0.2, 0.25) is 0 Å². The summed E-state index contributed by atoms with van der Waals surface area (Å²) in [5.41, 5.74) is 0.400. The van der Waals surface area contributed by atoms with Gasteiger partial charge in [0.2, 0.25) is 10.0 Å². The molecule has 0 saturated carbocycles. The average molecular weight is 337 g/mol. The van der Waals surface area contributed by atoms with Crippen molar-refractivity contribution in [1.82, 2.24) is 14.9 Å². The molecule has 0 bridgehead atoms. The van der Waals surface area contributed by atoms with E-state index >= 15 is 0 Å². The SMILES string of the molecule is C=CCNS(=O)(=O)c1cccc(C(=O)N2CCC(CNC)C2)c1. The first kappa shape index (κ1) is 17.7. The molecule has 6 nitrogen and oxygen atoms in total. The molecule has 126 valence electrons. The summed E-state index contributed by atoms with van der Waals surface area (Å²) in [6.07, 6.45) is 2.43. The zero-order valence-electron chi connectivity index (χ0n) is 13.3. The third kappa shape index (κ3) is 4.40. The number of amides is 1. The fourth-order valence-electron chi connectivity index (χ4n) is 2.70. The summed E-state index contributed by atoms with van der Waals surface area (Å²) >= 11 is 0. The van der Waals surface area contributed by atoms with Crippen LogP contribution >= 0.6 is 0 Å². The van der Waals surface area contributed by atoms with E-state index in [0.717, 1.165) is 13.0 Å². The molecule has 0 aromatic heterocycles. The first-order chi connectivity index (χ1) is 11.0. The molecular weight excluding hydrogens is 314 g/mol. The number of hydrogen-bond donors (Lipinski definition) is 2. The Morgan fingerprint density at radius 1 is 1.48 bits per heavy atom. The van der Waals surface area contributed by atoms with Crippen molar-refractivity contribution < 1.29 is 13.2 Å². The number of rotatable bonds is 7. The van der Waals surface area contributed by atoms with Gasteiger partial charge in [0.25, 0.3) is 5.91 Å². The Morgan fingerprint density at radius 2 is 2.26 bits per heavy atom. The fourth-order valence-corrected chi connectivity index (χ4v) is 3.75. The van der Waals surface area contributed by atoms with Gasteiger partial charge in [-0.2, -0.15) is 0 Å². The molecule has 1 atom stereocenters. The van der Waals surface area contributed by atoms with Crippen LogP contribution in [0.4, 0.5) is 0 Å². The highest BCUT2D eigenvalue weighted by Crippen LogP contribution is 2.19. The van der Waals surface area contributed by atoms with E-state index in [0.29, 0.717) is 24.6 Å². The second kappa shape index (κ2) is 7.72. The molecule has 1 aromatic carbocycles. The number of benzene rings is 1. The smallest absolute Gasteiger partial charge is 0.253 e. The predicted molar refractivity (Wildman–Crippen MR) is 89.8 cm³/mol. The molecule has 2 rings (SSSR count). The Kier molecular flexibility index (Phi) is 5.92. The van der Waals surface area contributed by atoms with Gasteiger partial charge in [-0.15, -0.1) is 6.58 Å². The van der Waals surface area contributed by atoms with Gasteiger partial charge in [-0.1, -0.05) is 12.1 Å². The van der Waals surface area contributed by atoms with Crippen LogP contribution in [0.25, 0.3) is 0 Å². The molecule has 1 fully saturated rings. The Balaban J connectivity index is 2.13. The lowest BCUT2D eigenvalue weighted by Gasteiger charge is -2.17. The summed E-state index contributed by atoms with van der Waals surface area (Å²) in [6.45, 7) is 5.92. The quantitative estimate of drug-likeness (QED) is 0.723. The molecule has 1 unspecified atom stereocenters. The molecule has 1 heterocycles. The third-order valence-electron chi connectivity index (χ3n) is 3.87. The second-order valence-electron chi connectivity index (χ2n) is 5.63. The van der Waals surface area contributed by atoms with E-state index in [1.165, 1.54) is 18.2 Å². The number of hydrogen-bond acceptors (Lipinski definition) is 4. The largest absolute Gasteiger partial charge is 0.338 e. The minimum atomic E-state index is -3.62. The van der Waals surface area contributed by atoms with Crippen LogP contribution in [0.1, 0.15) is 16.8 Å². The van der Waals surface area contributed by atoms with Crippen LogP contribution in [-0.4, -0.2) is 52.5 Å². The van der Waals surface area contributed by atoms with Crippen molar-refractivity contribution in [2.75, 3.05) is 33.2 Å². The van der Waals surface area contributed by atoms with Gasteiger partial charge in [-0.3, -0.25) is 4.79 Å². The van der Waals surface area contributed by atoms with E-state index in [-0.39, 0.29) is 17.3 Å². The molecule has 1 aromatic rings. The van der Waals surface area contributed by atoms with Crippen molar-refractivity contribution in [3.63, 3.8) is 0 Å². The van der Waals surface area contributed by atoms with Gasteiger partial charge in [0.15, 0.2) is 0 Å². The van der Waals surface area contributed by atoms with E-state index in [2.05, 4.69) is 16.6 Å². The maximum Gasteiger partial charge on any atom is 0.253 e. The van der Waals surface area contributed by atoms with E-state index in [4.69, 9.17) is 0 Å². The lowest BCUT2D eigenvalue weighted by atomic mass is 10.1. The van der Waals surface area contributed by atoms with E-state index in [1.807, 2.05) is 7.05 Å². The summed E-state index contributed by atoms with van der Waals surface area (Å²) in [7, 11) is -1.73. The minimum absolute atomic E-state index is 0.0937. The number of nitrogens with one attached hydrogen (secondary N) is 2. The monoisotopic (exact) mass is 337 g/mol. The summed E-state index contributed by atoms with van der Waals surface area (Å²) in [6, 6.07) is 6.16. The minimum Gasteiger partial charge on any atom is -0.338 e. The molecule has 7 heteroatoms. The summed E-state index contributed by atoms with van der Waals surface area (Å²) in [5.74, 6) is 0.328. The maximum absolute atomic E-state index is 12.6. The van der Waals surface area contributed by atoms with Crippen molar-refractivity contribution in [3.05, 3.63) is 42.5 Å². The predicted octanol–water partition coefficient (Wildman–Crippen LogP) is 0.832. The first-order valence-corrected chi connectivity index (χ1v) is 9.10. The Morgan fingerprint density at radius 3 is 2.96 bits per heavy atom. The van der Waals surface area contributed by atoms with Crippen molar-refractivity contribution in [2.24, 2.45) is 5.92 Å². The van der Waals surface area contributed by atoms with Crippen LogP contribution in [0.5, 0.6) is 0 Å². The summed E-state index contributed by atoms with van der Waals surface area (Å²) < 4.78 is 26.7. The van der Waals surface area contributed by atoms with Gasteiger partial charge in [0.1, 0.15) is 0 Å². The second-order valence-corrected chi connectivity index (χ2v) is 7.40. The lowest BCUT2D eigenvalue weighted by molar-refractivity contribution is 0.0787. The van der Waals surface area contributed by atoms with Gasteiger partial charge in [-0.25, -0.2) is 13.1 Å². The number of carbonyl (C=O) groups excluding carboxylic acids is 1. The van der Waals surface area contributed by atoms with Crippen LogP contribution in [0.3, 0.4) is 0 Å². The number of carbonyl (C=O) groups is 1. The fraction of sp³-hybridized carbons (Fsp3) is 0.438. The Bertz CT molecular complexity index is 673. The van der Waals surface area contributed by atoms with Crippen LogP contribution in [0.15, 0.2) is 41.8 Å². The zero-order chi connectivity index (χ0) is 16.9. The van der Waals surface area contributed by atoms with Crippen molar-refractivity contribution in [1.29, 1.82) is 0 Å². The average Bonchev–Trinajstić information content (AvgIpc) is 3.01. The van der Waals surface area contributed by atoms with Crippen LogP contribution in [0, 0.1) is 5.92 Å². The number of sulfonamides is 1. The molecule has 23 heavy (non-hydrogen) atoms. The van der Waals surface area contributed by atoms with Gasteiger partial charge in [0, 0.05) is 25.2 Å². The molecule has 1 saturated heterocycles. The normalized spacial score (nSPS) is 18.1. The molecule has 0 aliphatic carbocycles. The van der Waals surface area contributed by atoms with Crippen LogP contribution in [-0.2, 0) is 10.0 Å². The highest BCUT2D eigenvalue weighted by Gasteiger charge is 2.27. The zero-order valence-corrected chi connectivity index (χ0v) is 14.1. The molecule has 2 N–H and O–H groups in total. The Hall–Kier alpha value is -1.70. The van der Waals surface area contributed by atoms with Crippen molar-refractivity contribution in [2.45, 2.75) is 11.3 Å². The molecule has 1 aliphatic rings. The molecule has 0 spiro atoms. The van der Waals surface area contributed by atoms with Crippen molar-refractivity contribution >= 4 is 15.9 Å². The molecule has 1 amide bonds. The van der Waals surface area contributed by atoms with E-state index in [9.17, 15) is 13.2 Å². The highest BCUT2D eigenvalue weighted by atomic mass is 32.2. The molecular formula is C16H23N3O3S. The van der Waals surface area contributed by atoms with Gasteiger partial charge in [-0.05, 0) is 44.1 Å². The van der Waals surface area contributed by atoms with Gasteiger partial charge >= 0.3 is 0 Å². The standard InChI is InChI=1S/C16H23N3O3S/c1-3-8-18-23(21,22)15-6-4-5-14(10-15)16(20)19-9-7-13(12-19)11-17-2/h3-6,10,13,17-18H,1,7-9,11-12H2,2H3. The summed E-state index contributed by atoms with van der Waals surface area (Å²) in [5, 5.41) is 3.12. The maximum atomic E-state index is 12.6. The highest BCUT2D eigenvalue weighted by molar-refractivity contribution is 7.89. The third-order valence-corrected chi connectivity index (χ3v) is 5.30. The Labute approximate surface area is 137 Å². The molecule has 0 radical (unpaired) electrons. The van der Waals surface area contributed by atoms with E-state index < -0.39 is 10.0 Å². The number of nitrogens with zero attached hydrogens (tertiary/aromatic N) is 1. The first-order valence-electron chi connectivity index (χ1n) is 7.62. The van der Waals surface area contributed by atoms with Crippen molar-refractivity contribution in [3.8, 4) is 0 Å². The van der Waals surface area contributed by atoms with Gasteiger partial charge < -0.3 is 10.2 Å². The topological polar surface area (TPSA) is 78.5 Å². The molecule has 1 aliphatic heterocycles. The lowest BCUT2D eigenvalue weighted by Crippen LogP contribution is -2.30. The van der Waals surface area contributed by atoms with E-state index in [1.54, 1.807) is 17.0 Å². The summed E-state index contributed by atoms with van der Waals surface area (Å²) in [4.78, 5) is 14.4. The number of likely N-dealkylation sites (tertiary alicyclic amines) is 1.